The summed E-state index contributed by atoms with van der Waals surface area (Å²) in [7, 11) is -3.16. The van der Waals surface area contributed by atoms with Crippen LogP contribution in [0.5, 0.6) is 0 Å². The van der Waals surface area contributed by atoms with E-state index in [0.29, 0.717) is 33.0 Å². The summed E-state index contributed by atoms with van der Waals surface area (Å²) in [4.78, 5) is 0. The summed E-state index contributed by atoms with van der Waals surface area (Å²) in [6, 6.07) is 0. The zero-order chi connectivity index (χ0) is 19.3. The molecule has 0 amide bonds. The van der Waals surface area contributed by atoms with Crippen LogP contribution in [0.25, 0.3) is 0 Å². The highest BCUT2D eigenvalue weighted by Gasteiger charge is 2.55. The topological polar surface area (TPSA) is 55.4 Å². The lowest BCUT2D eigenvalue weighted by atomic mass is 9.86. The minimum absolute atomic E-state index is 0.0315. The van der Waals surface area contributed by atoms with E-state index in [1.54, 1.807) is 0 Å². The first-order chi connectivity index (χ1) is 12.3. The number of ether oxygens (including phenoxy) is 2. The molecule has 152 valence electrons. The average molecular weight is 389 g/mol. The molecule has 1 saturated heterocycles. The number of rotatable bonds is 9. The molecule has 0 bridgehead atoms. The monoisotopic (exact) mass is 388 g/mol. The third-order valence-corrected chi connectivity index (χ3v) is 7.45. The molecule has 2 aliphatic rings. The molecule has 1 spiro atoms. The van der Waals surface area contributed by atoms with E-state index in [2.05, 4.69) is 12.2 Å². The fourth-order valence-electron chi connectivity index (χ4n) is 3.78. The van der Waals surface area contributed by atoms with E-state index in [-0.39, 0.29) is 17.4 Å². The van der Waals surface area contributed by atoms with Crippen LogP contribution < -0.4 is 0 Å². The van der Waals surface area contributed by atoms with Gasteiger partial charge < -0.3 is 27.2 Å². The first kappa shape index (κ1) is 22.0. The van der Waals surface area contributed by atoms with Gasteiger partial charge in [-0.15, -0.1) is 0 Å². The smallest absolute Gasteiger partial charge is 0.351 e. The SMILES string of the molecule is C/C=C/[C@@H]1CC2(COC(C)(C)OC2)C[C@@H]1O[Si](OCC)(OCC)OCC. The van der Waals surface area contributed by atoms with Gasteiger partial charge >= 0.3 is 9.05 Å². The van der Waals surface area contributed by atoms with Gasteiger partial charge in [-0.2, -0.15) is 0 Å². The molecule has 26 heavy (non-hydrogen) atoms. The largest absolute Gasteiger partial charge is 0.679 e. The van der Waals surface area contributed by atoms with Crippen LogP contribution in [0.2, 0.25) is 0 Å². The predicted molar refractivity (Wildman–Crippen MR) is 101 cm³/mol. The molecule has 1 heterocycles. The van der Waals surface area contributed by atoms with Crippen LogP contribution in [0.3, 0.4) is 0 Å². The summed E-state index contributed by atoms with van der Waals surface area (Å²) >= 11 is 0. The fraction of sp³-hybridized carbons (Fsp3) is 0.895. The molecule has 0 aromatic heterocycles. The van der Waals surface area contributed by atoms with Crippen molar-refractivity contribution in [3.63, 3.8) is 0 Å². The van der Waals surface area contributed by atoms with Gasteiger partial charge in [0.2, 0.25) is 0 Å². The van der Waals surface area contributed by atoms with Crippen LogP contribution in [0.15, 0.2) is 12.2 Å². The lowest BCUT2D eigenvalue weighted by Crippen LogP contribution is -2.52. The van der Waals surface area contributed by atoms with Gasteiger partial charge in [-0.05, 0) is 54.4 Å². The van der Waals surface area contributed by atoms with Gasteiger partial charge in [-0.3, -0.25) is 0 Å². The predicted octanol–water partition coefficient (Wildman–Crippen LogP) is 3.67. The maximum absolute atomic E-state index is 6.47. The molecule has 6 nitrogen and oxygen atoms in total. The summed E-state index contributed by atoms with van der Waals surface area (Å²) in [5.41, 5.74) is -0.0326. The van der Waals surface area contributed by atoms with Crippen molar-refractivity contribution in [3.05, 3.63) is 12.2 Å². The van der Waals surface area contributed by atoms with Crippen molar-refractivity contribution in [2.45, 2.75) is 66.3 Å². The van der Waals surface area contributed by atoms with E-state index < -0.39 is 14.8 Å². The van der Waals surface area contributed by atoms with E-state index in [0.717, 1.165) is 12.8 Å². The molecule has 7 heteroatoms. The third kappa shape index (κ3) is 5.38. The standard InChI is InChI=1S/C19H36O6Si/c1-7-11-16-12-19(14-20-18(5,6)21-15-19)13-17(16)25-26(22-8-2,23-9-3)24-10-4/h7,11,16-17H,8-10,12-15H2,1-6H3/b11-7+/t16-,17+/m1/s1. The average Bonchev–Trinajstić information content (AvgIpc) is 2.90. The first-order valence-electron chi connectivity index (χ1n) is 9.83. The van der Waals surface area contributed by atoms with Gasteiger partial charge in [0.15, 0.2) is 5.79 Å². The molecule has 0 radical (unpaired) electrons. The minimum atomic E-state index is -3.16. The molecule has 1 aliphatic heterocycles. The third-order valence-electron chi connectivity index (χ3n) is 4.93. The highest BCUT2D eigenvalue weighted by molar-refractivity contribution is 6.53. The van der Waals surface area contributed by atoms with Crippen LogP contribution in [0.4, 0.5) is 0 Å². The maximum Gasteiger partial charge on any atom is 0.679 e. The molecule has 2 fully saturated rings. The normalized spacial score (nSPS) is 28.2. The highest BCUT2D eigenvalue weighted by atomic mass is 28.4. The molecular weight excluding hydrogens is 352 g/mol. The van der Waals surface area contributed by atoms with Crippen molar-refractivity contribution in [3.8, 4) is 0 Å². The molecule has 1 saturated carbocycles. The molecule has 1 aliphatic carbocycles. The molecule has 0 aromatic rings. The Morgan fingerprint density at radius 3 is 1.96 bits per heavy atom. The molecule has 2 rings (SSSR count). The maximum atomic E-state index is 6.47. The number of hydrogen-bond acceptors (Lipinski definition) is 6. The molecule has 0 N–H and O–H groups in total. The second kappa shape index (κ2) is 9.27. The quantitative estimate of drug-likeness (QED) is 0.444. The minimum Gasteiger partial charge on any atom is -0.351 e. The van der Waals surface area contributed by atoms with Gasteiger partial charge in [0, 0.05) is 31.2 Å². The summed E-state index contributed by atoms with van der Waals surface area (Å²) < 4.78 is 36.1. The summed E-state index contributed by atoms with van der Waals surface area (Å²) in [5.74, 6) is -0.248. The molecule has 0 aromatic carbocycles. The number of allylic oxidation sites excluding steroid dienone is 1. The highest BCUT2D eigenvalue weighted by Crippen LogP contribution is 2.48. The fourth-order valence-corrected chi connectivity index (χ4v) is 5.92. The van der Waals surface area contributed by atoms with Crippen LogP contribution in [0, 0.1) is 11.3 Å². The Hall–Kier alpha value is -0.283. The van der Waals surface area contributed by atoms with Gasteiger partial charge in [-0.25, -0.2) is 0 Å². The summed E-state index contributed by atoms with van der Waals surface area (Å²) in [5, 5.41) is 0. The van der Waals surface area contributed by atoms with Gasteiger partial charge in [0.05, 0.1) is 19.3 Å². The second-order valence-corrected chi connectivity index (χ2v) is 9.63. The van der Waals surface area contributed by atoms with E-state index in [9.17, 15) is 0 Å². The van der Waals surface area contributed by atoms with Crippen molar-refractivity contribution in [1.82, 2.24) is 0 Å². The Morgan fingerprint density at radius 2 is 1.50 bits per heavy atom. The second-order valence-electron chi connectivity index (χ2n) is 7.53. The lowest BCUT2D eigenvalue weighted by molar-refractivity contribution is -0.285. The van der Waals surface area contributed by atoms with Crippen molar-refractivity contribution in [2.24, 2.45) is 11.3 Å². The Labute approximate surface area is 159 Å². The van der Waals surface area contributed by atoms with E-state index in [1.807, 2.05) is 41.5 Å². The van der Waals surface area contributed by atoms with Crippen molar-refractivity contribution in [2.75, 3.05) is 33.0 Å². The van der Waals surface area contributed by atoms with Gasteiger partial charge in [0.25, 0.3) is 0 Å². The van der Waals surface area contributed by atoms with E-state index in [4.69, 9.17) is 27.2 Å². The number of hydrogen-bond donors (Lipinski definition) is 0. The Morgan fingerprint density at radius 1 is 0.962 bits per heavy atom. The van der Waals surface area contributed by atoms with Crippen molar-refractivity contribution in [1.29, 1.82) is 0 Å². The molecule has 2 atom stereocenters. The van der Waals surface area contributed by atoms with E-state index in [1.165, 1.54) is 0 Å². The zero-order valence-corrected chi connectivity index (χ0v) is 18.2. The zero-order valence-electron chi connectivity index (χ0n) is 17.2. The van der Waals surface area contributed by atoms with Gasteiger partial charge in [0.1, 0.15) is 0 Å². The first-order valence-corrected chi connectivity index (χ1v) is 11.5. The molecule has 0 unspecified atom stereocenters. The van der Waals surface area contributed by atoms with Crippen molar-refractivity contribution < 1.29 is 27.2 Å². The van der Waals surface area contributed by atoms with Gasteiger partial charge in [-0.1, -0.05) is 12.2 Å². The van der Waals surface area contributed by atoms with Crippen LogP contribution >= 0.6 is 0 Å². The van der Waals surface area contributed by atoms with Crippen LogP contribution in [-0.4, -0.2) is 54.0 Å². The van der Waals surface area contributed by atoms with Crippen molar-refractivity contribution >= 4 is 9.05 Å². The van der Waals surface area contributed by atoms with Crippen LogP contribution in [-0.2, 0) is 27.2 Å². The Balaban J connectivity index is 2.16. The Kier molecular flexibility index (Phi) is 7.85. The Bertz CT molecular complexity index is 440. The molecular formula is C19H36O6Si. The summed E-state index contributed by atoms with van der Waals surface area (Å²) in [6.45, 7) is 14.6. The van der Waals surface area contributed by atoms with Crippen LogP contribution in [0.1, 0.15) is 54.4 Å². The lowest BCUT2D eigenvalue weighted by Gasteiger charge is -2.41. The van der Waals surface area contributed by atoms with E-state index >= 15 is 0 Å². The summed E-state index contributed by atoms with van der Waals surface area (Å²) in [6.07, 6.45) is 6.07.